The number of aldehydes is 1. The molecule has 0 aliphatic carbocycles. The fourth-order valence-electron chi connectivity index (χ4n) is 0.689. The maximum absolute atomic E-state index is 10.8. The molecule has 5 heteroatoms. The minimum Gasteiger partial charge on any atom is -0.458 e. The molecule has 1 N–H and O–H groups in total. The molecule has 0 aromatic heterocycles. The molecular weight excluding hydrogens is 170 g/mol. The third-order valence-corrected chi connectivity index (χ3v) is 1.41. The van der Waals surface area contributed by atoms with Crippen LogP contribution in [0.3, 0.4) is 0 Å². The van der Waals surface area contributed by atoms with E-state index in [1.807, 2.05) is 0 Å². The molecule has 0 unspecified atom stereocenters. The molecule has 0 spiro atoms. The molecule has 0 amide bonds. The predicted molar refractivity (Wildman–Crippen MR) is 40.6 cm³/mol. The highest BCUT2D eigenvalue weighted by Gasteiger charge is 2.25. The van der Waals surface area contributed by atoms with Gasteiger partial charge in [-0.05, 0) is 0 Å². The zero-order chi connectivity index (χ0) is 7.40. The van der Waals surface area contributed by atoms with Crippen LogP contribution in [0.4, 0.5) is 0 Å². The first-order valence-electron chi connectivity index (χ1n) is 3.15. The minimum atomic E-state index is -0.272. The lowest BCUT2D eigenvalue weighted by atomic mass is 10.0. The van der Waals surface area contributed by atoms with Gasteiger partial charge in [-0.15, -0.1) is 12.4 Å². The number of halogens is 1. The first kappa shape index (κ1) is 10.4. The van der Waals surface area contributed by atoms with E-state index in [1.54, 1.807) is 0 Å². The Balaban J connectivity index is 0.000001000. The molecule has 1 aliphatic rings. The third-order valence-electron chi connectivity index (χ3n) is 1.41. The Morgan fingerprint density at radius 2 is 2.27 bits per heavy atom. The Morgan fingerprint density at radius 1 is 1.64 bits per heavy atom. The van der Waals surface area contributed by atoms with Crippen molar-refractivity contribution < 1.29 is 14.3 Å². The Labute approximate surface area is 70.7 Å². The van der Waals surface area contributed by atoms with Crippen LogP contribution in [0.1, 0.15) is 0 Å². The molecular formula is C6H10ClNO3. The van der Waals surface area contributed by atoms with E-state index >= 15 is 0 Å². The summed E-state index contributed by atoms with van der Waals surface area (Å²) in [6.07, 6.45) is 0.573. The van der Waals surface area contributed by atoms with Gasteiger partial charge in [0.05, 0.1) is 5.92 Å². The summed E-state index contributed by atoms with van der Waals surface area (Å²) in [6.45, 7) is 1.24. The molecule has 0 bridgehead atoms. The second-order valence-electron chi connectivity index (χ2n) is 2.15. The van der Waals surface area contributed by atoms with E-state index < -0.39 is 0 Å². The van der Waals surface area contributed by atoms with E-state index in [1.165, 1.54) is 0 Å². The van der Waals surface area contributed by atoms with Crippen LogP contribution in [0.5, 0.6) is 0 Å². The number of ether oxygens (including phenoxy) is 1. The van der Waals surface area contributed by atoms with Crippen molar-refractivity contribution in [3.8, 4) is 0 Å². The van der Waals surface area contributed by atoms with Crippen LogP contribution in [0.25, 0.3) is 0 Å². The van der Waals surface area contributed by atoms with Crippen LogP contribution in [-0.4, -0.2) is 32.0 Å². The van der Waals surface area contributed by atoms with E-state index in [2.05, 4.69) is 10.1 Å². The number of hydrogen-bond acceptors (Lipinski definition) is 4. The molecule has 0 atom stereocenters. The Kier molecular flexibility index (Phi) is 4.81. The highest BCUT2D eigenvalue weighted by atomic mass is 35.5. The Hall–Kier alpha value is -0.610. The van der Waals surface area contributed by atoms with E-state index in [0.29, 0.717) is 19.4 Å². The second kappa shape index (κ2) is 5.09. The largest absolute Gasteiger partial charge is 0.458 e. The fourth-order valence-corrected chi connectivity index (χ4v) is 0.689. The lowest BCUT2D eigenvalue weighted by molar-refractivity contribution is -0.151. The van der Waals surface area contributed by atoms with E-state index in [-0.39, 0.29) is 30.9 Å². The molecule has 64 valence electrons. The van der Waals surface area contributed by atoms with Gasteiger partial charge in [-0.3, -0.25) is 9.59 Å². The number of esters is 1. The Morgan fingerprint density at radius 3 is 2.64 bits per heavy atom. The van der Waals surface area contributed by atoms with Crippen molar-refractivity contribution in [1.82, 2.24) is 5.32 Å². The summed E-state index contributed by atoms with van der Waals surface area (Å²) in [6, 6.07) is 0. The van der Waals surface area contributed by atoms with Crippen LogP contribution < -0.4 is 5.32 Å². The van der Waals surface area contributed by atoms with Gasteiger partial charge in [0.2, 0.25) is 0 Å². The molecule has 0 aromatic carbocycles. The number of rotatable bonds is 3. The van der Waals surface area contributed by atoms with Crippen molar-refractivity contribution in [2.24, 2.45) is 5.92 Å². The zero-order valence-electron chi connectivity index (χ0n) is 5.91. The number of hydrogen-bond donors (Lipinski definition) is 1. The summed E-state index contributed by atoms with van der Waals surface area (Å²) in [5, 5.41) is 2.93. The van der Waals surface area contributed by atoms with Crippen molar-refractivity contribution in [2.45, 2.75) is 0 Å². The standard InChI is InChI=1S/C6H9NO3.ClH/c8-1-2-10-6(9)5-3-7-4-5;/h1,5,7H,2-4H2;1H. The molecule has 0 aromatic rings. The first-order chi connectivity index (χ1) is 4.84. The van der Waals surface area contributed by atoms with Gasteiger partial charge in [0.25, 0.3) is 0 Å². The quantitative estimate of drug-likeness (QED) is 0.463. The van der Waals surface area contributed by atoms with Crippen molar-refractivity contribution in [2.75, 3.05) is 19.7 Å². The summed E-state index contributed by atoms with van der Waals surface area (Å²) < 4.78 is 4.55. The maximum atomic E-state index is 10.8. The molecule has 1 aliphatic heterocycles. The molecule has 1 rings (SSSR count). The van der Waals surface area contributed by atoms with Gasteiger partial charge in [0.15, 0.2) is 6.29 Å². The van der Waals surface area contributed by atoms with Gasteiger partial charge in [0.1, 0.15) is 6.61 Å². The summed E-state index contributed by atoms with van der Waals surface area (Å²) in [7, 11) is 0. The van der Waals surface area contributed by atoms with Gasteiger partial charge < -0.3 is 10.1 Å². The van der Waals surface area contributed by atoms with Crippen LogP contribution in [0.2, 0.25) is 0 Å². The average molecular weight is 180 g/mol. The van der Waals surface area contributed by atoms with Gasteiger partial charge in [0, 0.05) is 13.1 Å². The number of carbonyl (C=O) groups excluding carboxylic acids is 2. The Bertz CT molecular complexity index is 147. The zero-order valence-corrected chi connectivity index (χ0v) is 6.73. The van der Waals surface area contributed by atoms with E-state index in [4.69, 9.17) is 0 Å². The normalized spacial score (nSPS) is 16.0. The molecule has 4 nitrogen and oxygen atoms in total. The number of nitrogens with one attached hydrogen (secondary N) is 1. The van der Waals surface area contributed by atoms with Crippen molar-refractivity contribution >= 4 is 24.7 Å². The lowest BCUT2D eigenvalue weighted by Crippen LogP contribution is -2.47. The second-order valence-corrected chi connectivity index (χ2v) is 2.15. The fraction of sp³-hybridized carbons (Fsp3) is 0.667. The van der Waals surface area contributed by atoms with Crippen LogP contribution in [0.15, 0.2) is 0 Å². The first-order valence-corrected chi connectivity index (χ1v) is 3.15. The molecule has 0 radical (unpaired) electrons. The van der Waals surface area contributed by atoms with Crippen molar-refractivity contribution in [1.29, 1.82) is 0 Å². The monoisotopic (exact) mass is 179 g/mol. The third kappa shape index (κ3) is 2.86. The maximum Gasteiger partial charge on any atom is 0.311 e. The molecule has 0 saturated carbocycles. The average Bonchev–Trinajstić information content (AvgIpc) is 1.79. The van der Waals surface area contributed by atoms with Crippen LogP contribution in [0, 0.1) is 5.92 Å². The summed E-state index contributed by atoms with van der Waals surface area (Å²) >= 11 is 0. The molecule has 11 heavy (non-hydrogen) atoms. The topological polar surface area (TPSA) is 55.4 Å². The van der Waals surface area contributed by atoms with Gasteiger partial charge in [-0.25, -0.2) is 0 Å². The van der Waals surface area contributed by atoms with Gasteiger partial charge in [-0.2, -0.15) is 0 Å². The molecule has 1 heterocycles. The summed E-state index contributed by atoms with van der Waals surface area (Å²) in [4.78, 5) is 20.5. The van der Waals surface area contributed by atoms with Crippen molar-refractivity contribution in [3.05, 3.63) is 0 Å². The van der Waals surface area contributed by atoms with Crippen LogP contribution >= 0.6 is 12.4 Å². The lowest BCUT2D eigenvalue weighted by Gasteiger charge is -2.24. The molecule has 1 saturated heterocycles. The number of carbonyl (C=O) groups is 2. The predicted octanol–water partition coefficient (Wildman–Crippen LogP) is -0.630. The van der Waals surface area contributed by atoms with E-state index in [0.717, 1.165) is 0 Å². The van der Waals surface area contributed by atoms with E-state index in [9.17, 15) is 9.59 Å². The highest BCUT2D eigenvalue weighted by Crippen LogP contribution is 2.03. The molecule has 1 fully saturated rings. The van der Waals surface area contributed by atoms with Gasteiger partial charge in [-0.1, -0.05) is 0 Å². The summed E-state index contributed by atoms with van der Waals surface area (Å²) in [5.74, 6) is -0.300. The SMILES string of the molecule is Cl.O=CCOC(=O)C1CNC1. The minimum absolute atomic E-state index is 0. The van der Waals surface area contributed by atoms with Crippen LogP contribution in [-0.2, 0) is 14.3 Å². The summed E-state index contributed by atoms with van der Waals surface area (Å²) in [5.41, 5.74) is 0. The smallest absolute Gasteiger partial charge is 0.311 e. The van der Waals surface area contributed by atoms with Gasteiger partial charge >= 0.3 is 5.97 Å². The highest BCUT2D eigenvalue weighted by molar-refractivity contribution is 5.85. The van der Waals surface area contributed by atoms with Crippen molar-refractivity contribution in [3.63, 3.8) is 0 Å².